The molecule has 2 N–H and O–H groups in total. The molecule has 5 nitrogen and oxygen atoms in total. The quantitative estimate of drug-likeness (QED) is 0.510. The van der Waals surface area contributed by atoms with Crippen LogP contribution in [0.15, 0.2) is 72.8 Å². The van der Waals surface area contributed by atoms with Crippen LogP contribution in [0.5, 0.6) is 0 Å². The van der Waals surface area contributed by atoms with Crippen LogP contribution >= 0.6 is 0 Å². The third-order valence-electron chi connectivity index (χ3n) is 4.61. The maximum Gasteiger partial charge on any atom is 0.255 e. The van der Waals surface area contributed by atoms with E-state index in [1.807, 2.05) is 43.3 Å². The van der Waals surface area contributed by atoms with Gasteiger partial charge in [0.2, 0.25) is 0 Å². The van der Waals surface area contributed by atoms with Crippen molar-refractivity contribution < 1.29 is 9.18 Å². The fourth-order valence-corrected chi connectivity index (χ4v) is 3.11. The molecule has 0 bridgehead atoms. The summed E-state index contributed by atoms with van der Waals surface area (Å²) in [5.41, 5.74) is 2.73. The number of nitrogens with one attached hydrogen (secondary N) is 2. The van der Waals surface area contributed by atoms with Gasteiger partial charge >= 0.3 is 0 Å². The number of halogens is 1. The summed E-state index contributed by atoms with van der Waals surface area (Å²) in [6.07, 6.45) is 0. The fourth-order valence-electron chi connectivity index (χ4n) is 3.11. The van der Waals surface area contributed by atoms with E-state index in [4.69, 9.17) is 0 Å². The topological polar surface area (TPSA) is 66.9 Å². The fraction of sp³-hybridized carbons (Fsp3) is 0.0870. The summed E-state index contributed by atoms with van der Waals surface area (Å²) in [5.74, 6) is -0.0550. The second-order valence-corrected chi connectivity index (χ2v) is 6.70. The van der Waals surface area contributed by atoms with E-state index in [1.165, 1.54) is 12.1 Å². The highest BCUT2D eigenvalue weighted by Gasteiger charge is 2.12. The van der Waals surface area contributed by atoms with Crippen molar-refractivity contribution in [3.8, 4) is 0 Å². The Balaban J connectivity index is 1.60. The van der Waals surface area contributed by atoms with Crippen molar-refractivity contribution in [3.05, 3.63) is 95.4 Å². The second-order valence-electron chi connectivity index (χ2n) is 6.70. The van der Waals surface area contributed by atoms with E-state index in [2.05, 4.69) is 20.8 Å². The first-order chi connectivity index (χ1) is 14.1. The number of aromatic nitrogens is 2. The molecule has 0 aliphatic carbocycles. The Bertz CT molecular complexity index is 1180. The van der Waals surface area contributed by atoms with Gasteiger partial charge in [0.1, 0.15) is 5.82 Å². The number of rotatable bonds is 5. The molecule has 0 atom stereocenters. The molecule has 1 amide bonds. The zero-order chi connectivity index (χ0) is 20.2. The van der Waals surface area contributed by atoms with Gasteiger partial charge in [-0.2, -0.15) is 5.10 Å². The van der Waals surface area contributed by atoms with Crippen LogP contribution in [0.4, 0.5) is 15.9 Å². The minimum absolute atomic E-state index is 0.312. The molecule has 3 aromatic carbocycles. The highest BCUT2D eigenvalue weighted by Crippen LogP contribution is 2.25. The molecule has 0 fully saturated rings. The normalized spacial score (nSPS) is 10.7. The summed E-state index contributed by atoms with van der Waals surface area (Å²) in [4.78, 5) is 12.6. The number of hydrogen-bond acceptors (Lipinski definition) is 4. The Labute approximate surface area is 167 Å². The molecule has 1 heterocycles. The van der Waals surface area contributed by atoms with Crippen LogP contribution in [0.3, 0.4) is 0 Å². The van der Waals surface area contributed by atoms with E-state index in [0.29, 0.717) is 23.6 Å². The lowest BCUT2D eigenvalue weighted by atomic mass is 10.1. The van der Waals surface area contributed by atoms with Crippen LogP contribution in [0, 0.1) is 12.7 Å². The monoisotopic (exact) mass is 386 g/mol. The lowest BCUT2D eigenvalue weighted by molar-refractivity contribution is 0.102. The predicted molar refractivity (Wildman–Crippen MR) is 112 cm³/mol. The number of carbonyl (C=O) groups is 1. The Kier molecular flexibility index (Phi) is 5.16. The van der Waals surface area contributed by atoms with Gasteiger partial charge in [0.05, 0.1) is 5.69 Å². The first-order valence-corrected chi connectivity index (χ1v) is 9.22. The number of anilines is 2. The molecule has 144 valence electrons. The number of aryl methyl sites for hydroxylation is 1. The number of carbonyl (C=O) groups excluding carboxylic acids is 1. The minimum Gasteiger partial charge on any atom is -0.364 e. The number of nitrogens with zero attached hydrogens (tertiary/aromatic N) is 2. The van der Waals surface area contributed by atoms with E-state index in [-0.39, 0.29) is 5.91 Å². The van der Waals surface area contributed by atoms with Crippen LogP contribution in [0.1, 0.15) is 21.6 Å². The average molecular weight is 386 g/mol. The molecule has 1 aromatic heterocycles. The summed E-state index contributed by atoms with van der Waals surface area (Å²) < 4.78 is 13.3. The molecular weight excluding hydrogens is 367 g/mol. The largest absolute Gasteiger partial charge is 0.364 e. The number of amides is 1. The standard InChI is InChI=1S/C23H19FN4O/c1-15-21-12-17(23(29)26-19-9-5-8-18(24)13-19)10-11-20(21)22(28-27-15)25-14-16-6-3-2-4-7-16/h2-13H,14H2,1H3,(H,25,28)(H,26,29). The maximum atomic E-state index is 13.3. The summed E-state index contributed by atoms with van der Waals surface area (Å²) >= 11 is 0. The van der Waals surface area contributed by atoms with Crippen molar-refractivity contribution in [2.24, 2.45) is 0 Å². The Morgan fingerprint density at radius 3 is 2.55 bits per heavy atom. The Morgan fingerprint density at radius 1 is 0.931 bits per heavy atom. The Morgan fingerprint density at radius 2 is 1.76 bits per heavy atom. The maximum absolute atomic E-state index is 13.3. The van der Waals surface area contributed by atoms with Gasteiger partial charge < -0.3 is 10.6 Å². The second kappa shape index (κ2) is 8.06. The van der Waals surface area contributed by atoms with Crippen molar-refractivity contribution >= 4 is 28.2 Å². The van der Waals surface area contributed by atoms with Crippen LogP contribution < -0.4 is 10.6 Å². The van der Waals surface area contributed by atoms with Gasteiger partial charge in [-0.25, -0.2) is 4.39 Å². The molecule has 0 saturated heterocycles. The Hall–Kier alpha value is -3.80. The van der Waals surface area contributed by atoms with Gasteiger partial charge in [0.25, 0.3) is 5.91 Å². The lowest BCUT2D eigenvalue weighted by Gasteiger charge is -2.11. The van der Waals surface area contributed by atoms with Gasteiger partial charge in [0.15, 0.2) is 5.82 Å². The molecule has 6 heteroatoms. The van der Waals surface area contributed by atoms with Crippen LogP contribution in [0.25, 0.3) is 10.8 Å². The molecule has 4 aromatic rings. The van der Waals surface area contributed by atoms with Gasteiger partial charge in [-0.05, 0) is 48.9 Å². The molecule has 0 aliphatic heterocycles. The summed E-state index contributed by atoms with van der Waals surface area (Å²) in [6, 6.07) is 21.2. The van der Waals surface area contributed by atoms with Gasteiger partial charge in [-0.15, -0.1) is 5.10 Å². The molecule has 29 heavy (non-hydrogen) atoms. The minimum atomic E-state index is -0.401. The van der Waals surface area contributed by atoms with E-state index in [0.717, 1.165) is 22.0 Å². The summed E-state index contributed by atoms with van der Waals surface area (Å²) in [5, 5.41) is 16.2. The van der Waals surface area contributed by atoms with E-state index >= 15 is 0 Å². The van der Waals surface area contributed by atoms with Crippen molar-refractivity contribution in [1.82, 2.24) is 10.2 Å². The van der Waals surface area contributed by atoms with Gasteiger partial charge in [-0.1, -0.05) is 36.4 Å². The first kappa shape index (κ1) is 18.6. The molecule has 0 unspecified atom stereocenters. The van der Waals surface area contributed by atoms with Crippen LogP contribution in [-0.2, 0) is 6.54 Å². The summed E-state index contributed by atoms with van der Waals surface area (Å²) in [7, 11) is 0. The van der Waals surface area contributed by atoms with Crippen molar-refractivity contribution in [1.29, 1.82) is 0 Å². The molecule has 4 rings (SSSR count). The highest BCUT2D eigenvalue weighted by atomic mass is 19.1. The zero-order valence-electron chi connectivity index (χ0n) is 15.8. The third-order valence-corrected chi connectivity index (χ3v) is 4.61. The van der Waals surface area contributed by atoms with Crippen molar-refractivity contribution in [3.63, 3.8) is 0 Å². The summed E-state index contributed by atoms with van der Waals surface area (Å²) in [6.45, 7) is 2.47. The number of fused-ring (bicyclic) bond motifs is 1. The van der Waals surface area contributed by atoms with E-state index in [9.17, 15) is 9.18 Å². The lowest BCUT2D eigenvalue weighted by Crippen LogP contribution is -2.12. The smallest absolute Gasteiger partial charge is 0.255 e. The first-order valence-electron chi connectivity index (χ1n) is 9.22. The third kappa shape index (κ3) is 4.21. The number of benzene rings is 3. The van der Waals surface area contributed by atoms with Crippen molar-refractivity contribution in [2.75, 3.05) is 10.6 Å². The molecular formula is C23H19FN4O. The van der Waals surface area contributed by atoms with Gasteiger partial charge in [-0.3, -0.25) is 4.79 Å². The van der Waals surface area contributed by atoms with Crippen LogP contribution in [-0.4, -0.2) is 16.1 Å². The predicted octanol–water partition coefficient (Wildman–Crippen LogP) is 4.94. The van der Waals surface area contributed by atoms with E-state index in [1.54, 1.807) is 24.3 Å². The van der Waals surface area contributed by atoms with Crippen LogP contribution in [0.2, 0.25) is 0 Å². The number of hydrogen-bond donors (Lipinski definition) is 2. The molecule has 0 aliphatic rings. The van der Waals surface area contributed by atoms with E-state index < -0.39 is 5.82 Å². The van der Waals surface area contributed by atoms with Gasteiger partial charge in [0, 0.05) is 28.6 Å². The highest BCUT2D eigenvalue weighted by molar-refractivity contribution is 6.07. The average Bonchev–Trinajstić information content (AvgIpc) is 2.74. The molecule has 0 saturated carbocycles. The SMILES string of the molecule is Cc1nnc(NCc2ccccc2)c2ccc(C(=O)Nc3cccc(F)c3)cc12. The van der Waals surface area contributed by atoms with Crippen molar-refractivity contribution in [2.45, 2.75) is 13.5 Å². The molecule has 0 spiro atoms. The zero-order valence-corrected chi connectivity index (χ0v) is 15.8. The molecule has 0 radical (unpaired) electrons.